The Balaban J connectivity index is 1.95. The van der Waals surface area contributed by atoms with Crippen LogP contribution in [0.1, 0.15) is 53.4 Å². The lowest BCUT2D eigenvalue weighted by atomic mass is 9.58. The van der Waals surface area contributed by atoms with E-state index in [1.54, 1.807) is 0 Å². The van der Waals surface area contributed by atoms with E-state index in [4.69, 9.17) is 20.6 Å². The molecule has 0 radical (unpaired) electrons. The van der Waals surface area contributed by atoms with Crippen molar-refractivity contribution < 1.29 is 19.3 Å². The first kappa shape index (κ1) is 17.2. The van der Waals surface area contributed by atoms with Crippen LogP contribution in [0.4, 0.5) is 0 Å². The van der Waals surface area contributed by atoms with Gasteiger partial charge in [0.05, 0.1) is 5.60 Å². The number of rotatable bonds is 2. The second-order valence-electron chi connectivity index (χ2n) is 8.28. The standard InChI is InChI=1S/C19H30O4/c1-6-11-21-16-13(3)15-8-7-12(2)14-9-10-18(4,5)23-17(22-16)19(14,15)20/h1,12-17,20H,7-11H2,2-5H3/t12-,13-,14+,15+,16-,17-,19-/m1/s1. The predicted molar refractivity (Wildman–Crippen MR) is 87.3 cm³/mol. The van der Waals surface area contributed by atoms with E-state index in [1.807, 2.05) is 0 Å². The molecule has 0 aromatic heterocycles. The average Bonchev–Trinajstić information content (AvgIpc) is 2.58. The van der Waals surface area contributed by atoms with Gasteiger partial charge in [-0.15, -0.1) is 6.42 Å². The van der Waals surface area contributed by atoms with Gasteiger partial charge < -0.3 is 19.3 Å². The molecule has 23 heavy (non-hydrogen) atoms. The maximum Gasteiger partial charge on any atom is 0.190 e. The number of ether oxygens (including phenoxy) is 3. The van der Waals surface area contributed by atoms with E-state index in [-0.39, 0.29) is 30.0 Å². The van der Waals surface area contributed by atoms with Gasteiger partial charge in [-0.05, 0) is 51.4 Å². The second kappa shape index (κ2) is 6.04. The molecule has 1 saturated carbocycles. The maximum absolute atomic E-state index is 11.7. The lowest BCUT2D eigenvalue weighted by molar-refractivity contribution is -0.388. The van der Waals surface area contributed by atoms with Crippen molar-refractivity contribution in [2.45, 2.75) is 77.2 Å². The van der Waals surface area contributed by atoms with Crippen LogP contribution in [0, 0.1) is 36.0 Å². The van der Waals surface area contributed by atoms with Crippen LogP contribution < -0.4 is 0 Å². The van der Waals surface area contributed by atoms with Gasteiger partial charge in [0.25, 0.3) is 0 Å². The first-order chi connectivity index (χ1) is 10.8. The molecule has 7 atom stereocenters. The van der Waals surface area contributed by atoms with Crippen molar-refractivity contribution in [1.29, 1.82) is 0 Å². The summed E-state index contributed by atoms with van der Waals surface area (Å²) in [6, 6.07) is 0. The highest BCUT2D eigenvalue weighted by molar-refractivity contribution is 5.07. The van der Waals surface area contributed by atoms with Crippen LogP contribution in [0.25, 0.3) is 0 Å². The Kier molecular flexibility index (Phi) is 4.52. The zero-order valence-electron chi connectivity index (χ0n) is 14.7. The molecule has 0 aromatic rings. The van der Waals surface area contributed by atoms with Crippen molar-refractivity contribution in [3.05, 3.63) is 0 Å². The molecule has 4 heteroatoms. The third-order valence-electron chi connectivity index (χ3n) is 6.32. The number of hydrogen-bond donors (Lipinski definition) is 1. The van der Waals surface area contributed by atoms with Crippen molar-refractivity contribution in [1.82, 2.24) is 0 Å². The largest absolute Gasteiger partial charge is 0.384 e. The van der Waals surface area contributed by atoms with Gasteiger partial charge in [0.2, 0.25) is 0 Å². The monoisotopic (exact) mass is 322 g/mol. The molecule has 2 heterocycles. The van der Waals surface area contributed by atoms with E-state index in [9.17, 15) is 5.11 Å². The quantitative estimate of drug-likeness (QED) is 0.794. The van der Waals surface area contributed by atoms with E-state index in [0.29, 0.717) is 5.92 Å². The first-order valence-corrected chi connectivity index (χ1v) is 8.90. The molecule has 2 aliphatic heterocycles. The molecular formula is C19H30O4. The van der Waals surface area contributed by atoms with Gasteiger partial charge in [-0.1, -0.05) is 19.8 Å². The average molecular weight is 322 g/mol. The molecule has 4 nitrogen and oxygen atoms in total. The summed E-state index contributed by atoms with van der Waals surface area (Å²) in [5.41, 5.74) is -1.24. The summed E-state index contributed by atoms with van der Waals surface area (Å²) in [7, 11) is 0. The van der Waals surface area contributed by atoms with Crippen molar-refractivity contribution in [2.24, 2.45) is 23.7 Å². The SMILES string of the molecule is C#CCO[C@@H]1O[C@@H]2OC(C)(C)CC[C@H]3[C@H](C)CC[C@@H]([C@H]1C)[C@@]23O. The van der Waals surface area contributed by atoms with Crippen LogP contribution in [-0.4, -0.2) is 35.5 Å². The molecule has 0 amide bonds. The van der Waals surface area contributed by atoms with Crippen LogP contribution in [-0.2, 0) is 14.2 Å². The van der Waals surface area contributed by atoms with Crippen LogP contribution >= 0.6 is 0 Å². The number of aliphatic hydroxyl groups is 1. The highest BCUT2D eigenvalue weighted by Gasteiger charge is 2.63. The Bertz CT molecular complexity index is 482. The topological polar surface area (TPSA) is 47.9 Å². The van der Waals surface area contributed by atoms with Gasteiger partial charge in [0, 0.05) is 11.8 Å². The molecule has 0 spiro atoms. The minimum absolute atomic E-state index is 0.101. The Morgan fingerprint density at radius 2 is 1.96 bits per heavy atom. The van der Waals surface area contributed by atoms with Gasteiger partial charge in [0.15, 0.2) is 12.6 Å². The highest BCUT2D eigenvalue weighted by atomic mass is 16.8. The van der Waals surface area contributed by atoms with Crippen molar-refractivity contribution in [3.8, 4) is 12.3 Å². The van der Waals surface area contributed by atoms with Crippen molar-refractivity contribution >= 4 is 0 Å². The zero-order chi connectivity index (χ0) is 16.8. The summed E-state index contributed by atoms with van der Waals surface area (Å²) < 4.78 is 18.1. The fourth-order valence-corrected chi connectivity index (χ4v) is 4.99. The smallest absolute Gasteiger partial charge is 0.190 e. The Morgan fingerprint density at radius 3 is 2.65 bits per heavy atom. The molecule has 1 N–H and O–H groups in total. The normalized spacial score (nSPS) is 48.9. The lowest BCUT2D eigenvalue weighted by Crippen LogP contribution is -2.66. The predicted octanol–water partition coefficient (Wildman–Crippen LogP) is 2.94. The van der Waals surface area contributed by atoms with Crippen LogP contribution in [0.5, 0.6) is 0 Å². The van der Waals surface area contributed by atoms with Crippen molar-refractivity contribution in [2.75, 3.05) is 6.61 Å². The first-order valence-electron chi connectivity index (χ1n) is 8.90. The van der Waals surface area contributed by atoms with Crippen molar-refractivity contribution in [3.63, 3.8) is 0 Å². The molecular weight excluding hydrogens is 292 g/mol. The molecule has 3 aliphatic rings. The summed E-state index contributed by atoms with van der Waals surface area (Å²) >= 11 is 0. The number of hydrogen-bond acceptors (Lipinski definition) is 4. The Morgan fingerprint density at radius 1 is 1.22 bits per heavy atom. The molecule has 2 saturated heterocycles. The molecule has 0 unspecified atom stereocenters. The summed E-state index contributed by atoms with van der Waals surface area (Å²) in [6.45, 7) is 8.72. The van der Waals surface area contributed by atoms with E-state index in [1.165, 1.54) is 0 Å². The maximum atomic E-state index is 11.7. The minimum atomic E-state index is -0.930. The zero-order valence-corrected chi connectivity index (χ0v) is 14.7. The van der Waals surface area contributed by atoms with E-state index in [0.717, 1.165) is 25.7 Å². The van der Waals surface area contributed by atoms with Gasteiger partial charge in [0.1, 0.15) is 12.2 Å². The number of terminal acetylenes is 1. The van der Waals surface area contributed by atoms with Gasteiger partial charge in [-0.3, -0.25) is 0 Å². The Hall–Kier alpha value is -0.600. The summed E-state index contributed by atoms with van der Waals surface area (Å²) in [5.74, 6) is 3.42. The second-order valence-corrected chi connectivity index (χ2v) is 8.28. The van der Waals surface area contributed by atoms with E-state index < -0.39 is 18.2 Å². The van der Waals surface area contributed by atoms with Gasteiger partial charge in [-0.25, -0.2) is 0 Å². The van der Waals surface area contributed by atoms with Crippen LogP contribution in [0.2, 0.25) is 0 Å². The van der Waals surface area contributed by atoms with Crippen LogP contribution in [0.3, 0.4) is 0 Å². The molecule has 130 valence electrons. The fraction of sp³-hybridized carbons (Fsp3) is 0.895. The molecule has 3 fully saturated rings. The molecule has 0 aromatic carbocycles. The van der Waals surface area contributed by atoms with E-state index >= 15 is 0 Å². The minimum Gasteiger partial charge on any atom is -0.384 e. The third-order valence-corrected chi connectivity index (χ3v) is 6.32. The van der Waals surface area contributed by atoms with Crippen LogP contribution in [0.15, 0.2) is 0 Å². The highest BCUT2D eigenvalue weighted by Crippen LogP contribution is 2.55. The fourth-order valence-electron chi connectivity index (χ4n) is 4.99. The molecule has 1 aliphatic carbocycles. The van der Waals surface area contributed by atoms with E-state index in [2.05, 4.69) is 33.6 Å². The van der Waals surface area contributed by atoms with Gasteiger partial charge in [-0.2, -0.15) is 0 Å². The van der Waals surface area contributed by atoms with Gasteiger partial charge >= 0.3 is 0 Å². The third kappa shape index (κ3) is 2.82. The summed E-state index contributed by atoms with van der Waals surface area (Å²) in [4.78, 5) is 0. The lowest BCUT2D eigenvalue weighted by Gasteiger charge is -2.57. The molecule has 3 rings (SSSR count). The molecule has 0 bridgehead atoms. The summed E-state index contributed by atoms with van der Waals surface area (Å²) in [6.07, 6.45) is 8.29. The summed E-state index contributed by atoms with van der Waals surface area (Å²) in [5, 5.41) is 11.7. The Labute approximate surface area is 139 Å².